The second kappa shape index (κ2) is 30.8. The van der Waals surface area contributed by atoms with Crippen molar-refractivity contribution < 1.29 is 57.2 Å². The molecule has 6 aromatic carbocycles. The third-order valence-corrected chi connectivity index (χ3v) is 22.8. The summed E-state index contributed by atoms with van der Waals surface area (Å²) in [6.45, 7) is 13.8. The van der Waals surface area contributed by atoms with Gasteiger partial charge in [0.25, 0.3) is 0 Å². The van der Waals surface area contributed by atoms with E-state index in [0.717, 1.165) is 71.9 Å². The second-order valence-corrected chi connectivity index (χ2v) is 28.6. The molecule has 0 aromatic heterocycles. The van der Waals surface area contributed by atoms with Gasteiger partial charge in [0.15, 0.2) is 18.9 Å². The SMILES string of the molecule is C[C@H]([C@@H]1CC[C@@H](C)C(O)O1)[C@H]1CC[C@H]2[C@@H]3CC=C4C[C@@H](O[C@@H]5O[C@H](COCc6ccccc6)[C@@H](OCc6ccccc6)[C@H](OCc6ccccc6)[C@H]5O[C@@H]5O[C@@H](C)[C@H](OCc6ccccc6)[C@@H](OCc6ccccc6)[C@H]5OCc5ccccc5)CC[C@]4(C)[C@H]3CC[C@]12C. The number of aliphatic hydroxyl groups excluding tert-OH is 1. The maximum Gasteiger partial charge on any atom is 0.187 e. The molecule has 0 spiro atoms. The molecule has 0 amide bonds. The van der Waals surface area contributed by atoms with E-state index in [1.165, 1.54) is 31.3 Å². The van der Waals surface area contributed by atoms with Crippen molar-refractivity contribution >= 4 is 0 Å². The summed E-state index contributed by atoms with van der Waals surface area (Å²) in [6, 6.07) is 61.5. The monoisotopic (exact) mass is 1260 g/mol. The van der Waals surface area contributed by atoms with Crippen LogP contribution in [0.2, 0.25) is 0 Å². The summed E-state index contributed by atoms with van der Waals surface area (Å²) in [6.07, 6.45) is 5.08. The molecule has 7 aliphatic rings. The molecule has 12 heteroatoms. The van der Waals surface area contributed by atoms with Crippen LogP contribution in [0.25, 0.3) is 0 Å². The van der Waals surface area contributed by atoms with E-state index in [2.05, 4.69) is 107 Å². The molecule has 3 saturated heterocycles. The van der Waals surface area contributed by atoms with Crippen LogP contribution in [0.5, 0.6) is 0 Å². The van der Waals surface area contributed by atoms with E-state index in [1.54, 1.807) is 0 Å². The lowest BCUT2D eigenvalue weighted by Gasteiger charge is -2.59. The minimum Gasteiger partial charge on any atom is -0.374 e. The van der Waals surface area contributed by atoms with Crippen molar-refractivity contribution in [2.24, 2.45) is 46.3 Å². The molecular formula is C81H100O12. The Kier molecular flexibility index (Phi) is 21.9. The van der Waals surface area contributed by atoms with Gasteiger partial charge < -0.3 is 57.2 Å². The predicted octanol–water partition coefficient (Wildman–Crippen LogP) is 15.7. The van der Waals surface area contributed by atoms with Gasteiger partial charge in [-0.15, -0.1) is 0 Å². The van der Waals surface area contributed by atoms with Crippen molar-refractivity contribution in [2.45, 2.75) is 218 Å². The third-order valence-electron chi connectivity index (χ3n) is 22.8. The second-order valence-electron chi connectivity index (χ2n) is 28.6. The molecule has 6 aromatic rings. The van der Waals surface area contributed by atoms with Crippen molar-refractivity contribution in [1.29, 1.82) is 0 Å². The quantitative estimate of drug-likeness (QED) is 0.0549. The zero-order valence-corrected chi connectivity index (χ0v) is 55.3. The van der Waals surface area contributed by atoms with Gasteiger partial charge in [-0.3, -0.25) is 0 Å². The number of benzene rings is 6. The fraction of sp³-hybridized carbons (Fsp3) is 0.531. The summed E-state index contributed by atoms with van der Waals surface area (Å²) in [5.41, 5.74) is 7.96. The molecule has 4 aliphatic carbocycles. The van der Waals surface area contributed by atoms with Crippen LogP contribution in [0.15, 0.2) is 194 Å². The molecule has 3 saturated carbocycles. The average molecular weight is 1270 g/mol. The van der Waals surface area contributed by atoms with Crippen molar-refractivity contribution in [3.8, 4) is 0 Å². The third kappa shape index (κ3) is 15.4. The number of rotatable bonds is 25. The van der Waals surface area contributed by atoms with E-state index >= 15 is 0 Å². The van der Waals surface area contributed by atoms with Crippen molar-refractivity contribution in [3.63, 3.8) is 0 Å². The Balaban J connectivity index is 0.838. The average Bonchev–Trinajstić information content (AvgIpc) is 1.70. The predicted molar refractivity (Wildman–Crippen MR) is 358 cm³/mol. The van der Waals surface area contributed by atoms with Gasteiger partial charge in [-0.1, -0.05) is 221 Å². The first-order valence-electron chi connectivity index (χ1n) is 35.0. The summed E-state index contributed by atoms with van der Waals surface area (Å²) < 4.78 is 79.2. The Labute approximate surface area is 552 Å². The molecule has 12 nitrogen and oxygen atoms in total. The Morgan fingerprint density at radius 3 is 1.49 bits per heavy atom. The highest BCUT2D eigenvalue weighted by Gasteiger charge is 2.61. The first kappa shape index (κ1) is 66.2. The molecule has 3 aliphatic heterocycles. The van der Waals surface area contributed by atoms with Gasteiger partial charge in [-0.05, 0) is 145 Å². The standard InChI is InChI=1S/C81H100O12/c1-54-36-41-69(91-77(54)82)55(2)66-39-40-67-65-38-37-63-46-64(42-44-80(63,4)68(65)43-45-81(66,67)5)90-79-76(74(87-51-61-32-20-10-21-33-61)72(85-49-59-28-16-8-17-29-59)70(92-79)53-83-47-57-24-12-6-13-25-57)93-78-75(88-52-62-34-22-11-23-35-62)73(86-50-60-30-18-9-19-31-60)71(56(3)89-78)84-48-58-26-14-7-15-27-58/h6-35,37,54-56,64-79,82H,36,38-53H2,1-5H3/t54-,55+,56+,64+,65+,66-,67+,68+,69+,70-,71+,72-,73-,74+,75-,76-,77?,78+,79-,80+,81-/m1/s1. The number of aliphatic hydroxyl groups is 1. The molecule has 1 unspecified atom stereocenters. The topological polar surface area (TPSA) is 122 Å². The summed E-state index contributed by atoms with van der Waals surface area (Å²) in [5.74, 6) is 3.10. The molecule has 1 N–H and O–H groups in total. The van der Waals surface area contributed by atoms with Crippen LogP contribution in [0, 0.1) is 46.3 Å². The molecule has 93 heavy (non-hydrogen) atoms. The normalized spacial score (nSPS) is 35.4. The van der Waals surface area contributed by atoms with Crippen molar-refractivity contribution in [3.05, 3.63) is 227 Å². The van der Waals surface area contributed by atoms with Crippen LogP contribution in [0.1, 0.15) is 132 Å². The van der Waals surface area contributed by atoms with Gasteiger partial charge in [0.2, 0.25) is 0 Å². The molecule has 0 bridgehead atoms. The lowest BCUT2D eigenvalue weighted by atomic mass is 9.47. The van der Waals surface area contributed by atoms with Crippen LogP contribution < -0.4 is 0 Å². The zero-order chi connectivity index (χ0) is 63.7. The fourth-order valence-electron chi connectivity index (χ4n) is 17.6. The number of hydrogen-bond donors (Lipinski definition) is 1. The van der Waals surface area contributed by atoms with Gasteiger partial charge in [0, 0.05) is 5.92 Å². The van der Waals surface area contributed by atoms with Crippen molar-refractivity contribution in [1.82, 2.24) is 0 Å². The zero-order valence-electron chi connectivity index (χ0n) is 55.3. The highest BCUT2D eigenvalue weighted by atomic mass is 16.8. The fourth-order valence-corrected chi connectivity index (χ4v) is 17.6. The summed E-state index contributed by atoms with van der Waals surface area (Å²) in [5, 5.41) is 10.8. The molecular weight excluding hydrogens is 1160 g/mol. The Hall–Kier alpha value is -5.42. The Bertz CT molecular complexity index is 3250. The molecule has 13 rings (SSSR count). The minimum absolute atomic E-state index is 0.0542. The van der Waals surface area contributed by atoms with Gasteiger partial charge in [-0.2, -0.15) is 0 Å². The summed E-state index contributed by atoms with van der Waals surface area (Å²) >= 11 is 0. The lowest BCUT2D eigenvalue weighted by molar-refractivity contribution is -0.384. The number of fused-ring (bicyclic) bond motifs is 5. The Morgan fingerprint density at radius 2 is 0.957 bits per heavy atom. The molecule has 3 heterocycles. The molecule has 496 valence electrons. The van der Waals surface area contributed by atoms with E-state index in [0.29, 0.717) is 56.0 Å². The number of ether oxygens (including phenoxy) is 11. The smallest absolute Gasteiger partial charge is 0.187 e. The molecule has 6 fully saturated rings. The molecule has 21 atom stereocenters. The van der Waals surface area contributed by atoms with E-state index in [9.17, 15) is 5.11 Å². The lowest BCUT2D eigenvalue weighted by Crippen LogP contribution is -2.66. The van der Waals surface area contributed by atoms with Crippen LogP contribution in [0.3, 0.4) is 0 Å². The first-order chi connectivity index (χ1) is 45.5. The van der Waals surface area contributed by atoms with Gasteiger partial charge in [0.05, 0.1) is 64.6 Å². The summed E-state index contributed by atoms with van der Waals surface area (Å²) in [7, 11) is 0. The van der Waals surface area contributed by atoms with Gasteiger partial charge in [0.1, 0.15) is 42.7 Å². The van der Waals surface area contributed by atoms with E-state index in [4.69, 9.17) is 52.1 Å². The van der Waals surface area contributed by atoms with Crippen LogP contribution in [-0.2, 0) is 91.7 Å². The van der Waals surface area contributed by atoms with Crippen molar-refractivity contribution in [2.75, 3.05) is 6.61 Å². The maximum atomic E-state index is 10.8. The van der Waals surface area contributed by atoms with E-state index < -0.39 is 67.7 Å². The molecule has 0 radical (unpaired) electrons. The highest BCUT2D eigenvalue weighted by Crippen LogP contribution is 2.68. The maximum absolute atomic E-state index is 10.8. The number of hydrogen-bond acceptors (Lipinski definition) is 12. The summed E-state index contributed by atoms with van der Waals surface area (Å²) in [4.78, 5) is 0. The first-order valence-corrected chi connectivity index (χ1v) is 35.0. The van der Waals surface area contributed by atoms with Gasteiger partial charge >= 0.3 is 0 Å². The highest BCUT2D eigenvalue weighted by molar-refractivity contribution is 5.26. The Morgan fingerprint density at radius 1 is 0.473 bits per heavy atom. The van der Waals surface area contributed by atoms with Crippen LogP contribution in [0.4, 0.5) is 0 Å². The minimum atomic E-state index is -1.03. The van der Waals surface area contributed by atoms with Crippen LogP contribution in [-0.4, -0.2) is 91.6 Å². The number of allylic oxidation sites excluding steroid dienone is 1. The van der Waals surface area contributed by atoms with Crippen LogP contribution >= 0.6 is 0 Å². The van der Waals surface area contributed by atoms with Gasteiger partial charge in [-0.25, -0.2) is 0 Å². The van der Waals surface area contributed by atoms with E-state index in [-0.39, 0.29) is 48.8 Å². The largest absolute Gasteiger partial charge is 0.374 e. The van der Waals surface area contributed by atoms with E-state index in [1.807, 2.05) is 116 Å².